The Morgan fingerprint density at radius 2 is 2.00 bits per heavy atom. The third-order valence-corrected chi connectivity index (χ3v) is 3.64. The molecule has 0 atom stereocenters. The van der Waals surface area contributed by atoms with Gasteiger partial charge in [0.2, 0.25) is 0 Å². The molecule has 7 heteroatoms. The number of hydrogen-bond donors (Lipinski definition) is 1. The van der Waals surface area contributed by atoms with E-state index in [1.54, 1.807) is 11.6 Å². The van der Waals surface area contributed by atoms with Gasteiger partial charge in [-0.3, -0.25) is 4.79 Å². The van der Waals surface area contributed by atoms with E-state index in [4.69, 9.17) is 0 Å². The van der Waals surface area contributed by atoms with Crippen molar-refractivity contribution in [1.82, 2.24) is 4.72 Å². The molecule has 0 radical (unpaired) electrons. The molecule has 1 aromatic rings. The van der Waals surface area contributed by atoms with E-state index in [0.29, 0.717) is 12.5 Å². The summed E-state index contributed by atoms with van der Waals surface area (Å²) in [6.45, 7) is 3.22. The van der Waals surface area contributed by atoms with E-state index in [1.165, 1.54) is 13.0 Å². The van der Waals surface area contributed by atoms with Gasteiger partial charge in [0, 0.05) is 11.6 Å². The van der Waals surface area contributed by atoms with Gasteiger partial charge in [0.05, 0.1) is 0 Å². The monoisotopic (exact) mass is 289 g/mol. The summed E-state index contributed by atoms with van der Waals surface area (Å²) in [7, 11) is -4.35. The first-order valence-electron chi connectivity index (χ1n) is 5.47. The second-order valence-corrected chi connectivity index (χ2v) is 5.46. The zero-order chi connectivity index (χ0) is 14.6. The van der Waals surface area contributed by atoms with Crippen molar-refractivity contribution in [2.45, 2.75) is 25.2 Å². The third-order valence-electron chi connectivity index (χ3n) is 2.28. The number of hydrogen-bond acceptors (Lipinski definition) is 3. The second-order valence-electron chi connectivity index (χ2n) is 3.80. The number of carbonyl (C=O) groups is 1. The molecule has 104 valence electrons. The van der Waals surface area contributed by atoms with Gasteiger partial charge in [-0.1, -0.05) is 13.0 Å². The fourth-order valence-corrected chi connectivity index (χ4v) is 2.43. The molecule has 1 rings (SSSR count). The molecule has 19 heavy (non-hydrogen) atoms. The normalized spacial score (nSPS) is 12.3. The maximum Gasteiger partial charge on any atom is 0.267 e. The van der Waals surface area contributed by atoms with E-state index < -0.39 is 32.5 Å². The maximum atomic E-state index is 13.4. The summed E-state index contributed by atoms with van der Waals surface area (Å²) in [5.74, 6) is -2.99. The lowest BCUT2D eigenvalue weighted by Gasteiger charge is -2.08. The number of rotatable bonds is 4. The van der Waals surface area contributed by atoms with Crippen LogP contribution in [0.5, 0.6) is 0 Å². The number of sulfonamides is 1. The molecule has 0 aliphatic heterocycles. The Labute approximate surface area is 110 Å². The zero-order valence-corrected chi connectivity index (χ0v) is 11.2. The number of amides is 1. The maximum absolute atomic E-state index is 13.4. The SMILES string of the molecule is CCC=C(C)C(=O)NS(=O)(=O)c1ccc(F)cc1F. The Bertz CT molecular complexity index is 624. The van der Waals surface area contributed by atoms with Crippen molar-refractivity contribution >= 4 is 15.9 Å². The molecule has 0 unspecified atom stereocenters. The first kappa shape index (κ1) is 15.3. The lowest BCUT2D eigenvalue weighted by atomic mass is 10.2. The van der Waals surface area contributed by atoms with Crippen molar-refractivity contribution in [2.75, 3.05) is 0 Å². The molecule has 4 nitrogen and oxygen atoms in total. The van der Waals surface area contributed by atoms with Gasteiger partial charge in [-0.25, -0.2) is 21.9 Å². The highest BCUT2D eigenvalue weighted by Crippen LogP contribution is 2.15. The number of allylic oxidation sites excluding steroid dienone is 1. The molecular weight excluding hydrogens is 276 g/mol. The van der Waals surface area contributed by atoms with Crippen LogP contribution in [0.2, 0.25) is 0 Å². The largest absolute Gasteiger partial charge is 0.269 e. The number of nitrogens with one attached hydrogen (secondary N) is 1. The van der Waals surface area contributed by atoms with Gasteiger partial charge in [-0.2, -0.15) is 0 Å². The minimum absolute atomic E-state index is 0.202. The minimum Gasteiger partial charge on any atom is -0.269 e. The lowest BCUT2D eigenvalue weighted by Crippen LogP contribution is -2.31. The zero-order valence-electron chi connectivity index (χ0n) is 10.4. The fraction of sp³-hybridized carbons (Fsp3) is 0.250. The highest BCUT2D eigenvalue weighted by molar-refractivity contribution is 7.90. The molecular formula is C12H13F2NO3S. The van der Waals surface area contributed by atoms with Gasteiger partial charge in [0.1, 0.15) is 16.5 Å². The average Bonchev–Trinajstić information content (AvgIpc) is 2.27. The van der Waals surface area contributed by atoms with Crippen molar-refractivity contribution < 1.29 is 22.0 Å². The summed E-state index contributed by atoms with van der Waals surface area (Å²) < 4.78 is 51.3. The van der Waals surface area contributed by atoms with E-state index in [9.17, 15) is 22.0 Å². The van der Waals surface area contributed by atoms with Gasteiger partial charge in [-0.15, -0.1) is 0 Å². The Balaban J connectivity index is 3.06. The predicted octanol–water partition coefficient (Wildman–Crippen LogP) is 2.13. The lowest BCUT2D eigenvalue weighted by molar-refractivity contribution is -0.115. The molecule has 0 spiro atoms. The van der Waals surface area contributed by atoms with Crippen LogP contribution in [0.1, 0.15) is 20.3 Å². The molecule has 0 aromatic heterocycles. The molecule has 0 heterocycles. The van der Waals surface area contributed by atoms with Crippen LogP contribution in [-0.2, 0) is 14.8 Å². The van der Waals surface area contributed by atoms with E-state index >= 15 is 0 Å². The first-order valence-corrected chi connectivity index (χ1v) is 6.95. The average molecular weight is 289 g/mol. The van der Waals surface area contributed by atoms with Crippen LogP contribution in [0.15, 0.2) is 34.7 Å². The second kappa shape index (κ2) is 5.92. The Kier molecular flexibility index (Phi) is 4.77. The van der Waals surface area contributed by atoms with Crippen molar-refractivity contribution in [3.63, 3.8) is 0 Å². The third kappa shape index (κ3) is 3.85. The molecule has 1 N–H and O–H groups in total. The van der Waals surface area contributed by atoms with E-state index in [-0.39, 0.29) is 5.57 Å². The van der Waals surface area contributed by atoms with Gasteiger partial charge in [-0.05, 0) is 25.5 Å². The smallest absolute Gasteiger partial charge is 0.267 e. The highest BCUT2D eigenvalue weighted by Gasteiger charge is 2.22. The van der Waals surface area contributed by atoms with Crippen molar-refractivity contribution in [3.8, 4) is 0 Å². The van der Waals surface area contributed by atoms with Crippen molar-refractivity contribution in [2.24, 2.45) is 0 Å². The van der Waals surface area contributed by atoms with Crippen molar-refractivity contribution in [3.05, 3.63) is 41.5 Å². The molecule has 0 aliphatic carbocycles. The summed E-state index contributed by atoms with van der Waals surface area (Å²) >= 11 is 0. The molecule has 1 aromatic carbocycles. The standard InChI is InChI=1S/C12H13F2NO3S/c1-3-4-8(2)12(16)15-19(17,18)11-6-5-9(13)7-10(11)14/h4-7H,3H2,1-2H3,(H,15,16). The highest BCUT2D eigenvalue weighted by atomic mass is 32.2. The Morgan fingerprint density at radius 1 is 1.37 bits per heavy atom. The fourth-order valence-electron chi connectivity index (χ4n) is 1.35. The number of carbonyl (C=O) groups excluding carboxylic acids is 1. The van der Waals surface area contributed by atoms with Crippen LogP contribution >= 0.6 is 0 Å². The summed E-state index contributed by atoms with van der Waals surface area (Å²) in [6, 6.07) is 2.00. The van der Waals surface area contributed by atoms with Crippen LogP contribution in [-0.4, -0.2) is 14.3 Å². The Morgan fingerprint density at radius 3 is 2.53 bits per heavy atom. The minimum atomic E-state index is -4.35. The van der Waals surface area contributed by atoms with Crippen LogP contribution in [0.3, 0.4) is 0 Å². The topological polar surface area (TPSA) is 63.2 Å². The summed E-state index contributed by atoms with van der Waals surface area (Å²) in [6.07, 6.45) is 2.09. The van der Waals surface area contributed by atoms with Gasteiger partial charge in [0.15, 0.2) is 0 Å². The van der Waals surface area contributed by atoms with Crippen LogP contribution in [0.25, 0.3) is 0 Å². The molecule has 0 saturated carbocycles. The summed E-state index contributed by atoms with van der Waals surface area (Å²) in [5, 5.41) is 0. The Hall–Kier alpha value is -1.76. The molecule has 0 fully saturated rings. The van der Waals surface area contributed by atoms with Crippen LogP contribution in [0.4, 0.5) is 8.78 Å². The van der Waals surface area contributed by atoms with Crippen LogP contribution < -0.4 is 4.72 Å². The van der Waals surface area contributed by atoms with E-state index in [0.717, 1.165) is 12.1 Å². The van der Waals surface area contributed by atoms with E-state index in [1.807, 2.05) is 0 Å². The van der Waals surface area contributed by atoms with Gasteiger partial charge >= 0.3 is 0 Å². The molecule has 0 bridgehead atoms. The first-order chi connectivity index (χ1) is 8.77. The molecule has 1 amide bonds. The predicted molar refractivity (Wildman–Crippen MR) is 65.7 cm³/mol. The van der Waals surface area contributed by atoms with E-state index in [2.05, 4.69) is 0 Å². The number of halogens is 2. The van der Waals surface area contributed by atoms with Gasteiger partial charge < -0.3 is 0 Å². The van der Waals surface area contributed by atoms with Crippen molar-refractivity contribution in [1.29, 1.82) is 0 Å². The van der Waals surface area contributed by atoms with Crippen LogP contribution in [0, 0.1) is 11.6 Å². The number of benzene rings is 1. The summed E-state index contributed by atoms with van der Waals surface area (Å²) in [5.41, 5.74) is 0.202. The van der Waals surface area contributed by atoms with Gasteiger partial charge in [0.25, 0.3) is 15.9 Å². The quantitative estimate of drug-likeness (QED) is 0.864. The molecule has 0 aliphatic rings. The summed E-state index contributed by atoms with van der Waals surface area (Å²) in [4.78, 5) is 10.8. The molecule has 0 saturated heterocycles.